The van der Waals surface area contributed by atoms with Gasteiger partial charge in [0.15, 0.2) is 0 Å². The second kappa shape index (κ2) is 5.76. The fourth-order valence-electron chi connectivity index (χ4n) is 1.14. The average Bonchev–Trinajstić information content (AvgIpc) is 2.67. The first-order valence-electron chi connectivity index (χ1n) is 4.27. The molecule has 4 N–H and O–H groups in total. The van der Waals surface area contributed by atoms with Gasteiger partial charge in [0, 0.05) is 17.1 Å². The van der Waals surface area contributed by atoms with Crippen LogP contribution >= 0.6 is 23.7 Å². The fourth-order valence-corrected chi connectivity index (χ4v) is 1.84. The third kappa shape index (κ3) is 2.89. The van der Waals surface area contributed by atoms with E-state index in [0.29, 0.717) is 12.4 Å². The van der Waals surface area contributed by atoms with Crippen LogP contribution in [-0.2, 0) is 11.4 Å². The van der Waals surface area contributed by atoms with Gasteiger partial charge in [-0.15, -0.1) is 23.7 Å². The molecule has 0 spiro atoms. The molecule has 0 bridgehead atoms. The Balaban J connectivity index is 0.00000128. The van der Waals surface area contributed by atoms with E-state index in [2.05, 4.69) is 14.8 Å². The standard InChI is InChI=1S/C9H10N4OS.ClH/c10-8-5-15-9(13-8)6-1-2-7(4-14-11)12-3-6;/h1-3,5H,4,10-11H2;1H. The van der Waals surface area contributed by atoms with Crippen LogP contribution in [0.2, 0.25) is 0 Å². The van der Waals surface area contributed by atoms with E-state index in [-0.39, 0.29) is 12.4 Å². The first kappa shape index (κ1) is 12.9. The molecule has 0 aliphatic heterocycles. The van der Waals surface area contributed by atoms with E-state index >= 15 is 0 Å². The first-order chi connectivity index (χ1) is 7.29. The minimum atomic E-state index is 0. The molecule has 86 valence electrons. The normalized spacial score (nSPS) is 9.81. The van der Waals surface area contributed by atoms with Crippen molar-refractivity contribution in [1.82, 2.24) is 9.97 Å². The van der Waals surface area contributed by atoms with Crippen LogP contribution < -0.4 is 11.6 Å². The van der Waals surface area contributed by atoms with Gasteiger partial charge in [-0.25, -0.2) is 10.9 Å². The molecular weight excluding hydrogens is 248 g/mol. The van der Waals surface area contributed by atoms with Gasteiger partial charge in [-0.2, -0.15) is 0 Å². The number of hydrogen-bond acceptors (Lipinski definition) is 6. The summed E-state index contributed by atoms with van der Waals surface area (Å²) in [5.74, 6) is 5.48. The number of hydrogen-bond donors (Lipinski definition) is 2. The third-order valence-electron chi connectivity index (χ3n) is 1.82. The Labute approximate surface area is 103 Å². The second-order valence-electron chi connectivity index (χ2n) is 2.93. The molecule has 0 fully saturated rings. The number of pyridine rings is 1. The summed E-state index contributed by atoms with van der Waals surface area (Å²) < 4.78 is 0. The van der Waals surface area contributed by atoms with E-state index in [9.17, 15) is 0 Å². The maximum Gasteiger partial charge on any atom is 0.135 e. The molecule has 0 atom stereocenters. The van der Waals surface area contributed by atoms with Gasteiger partial charge in [0.1, 0.15) is 17.4 Å². The van der Waals surface area contributed by atoms with Gasteiger partial charge in [0.2, 0.25) is 0 Å². The zero-order valence-electron chi connectivity index (χ0n) is 8.29. The van der Waals surface area contributed by atoms with Gasteiger partial charge in [-0.3, -0.25) is 9.82 Å². The zero-order valence-corrected chi connectivity index (χ0v) is 9.92. The highest BCUT2D eigenvalue weighted by atomic mass is 35.5. The van der Waals surface area contributed by atoms with Crippen molar-refractivity contribution in [3.05, 3.63) is 29.4 Å². The van der Waals surface area contributed by atoms with Gasteiger partial charge < -0.3 is 5.73 Å². The second-order valence-corrected chi connectivity index (χ2v) is 3.78. The van der Waals surface area contributed by atoms with Gasteiger partial charge in [-0.05, 0) is 12.1 Å². The lowest BCUT2D eigenvalue weighted by Gasteiger charge is -1.99. The summed E-state index contributed by atoms with van der Waals surface area (Å²) in [4.78, 5) is 12.8. The van der Waals surface area contributed by atoms with Gasteiger partial charge in [0.25, 0.3) is 0 Å². The smallest absolute Gasteiger partial charge is 0.135 e. The van der Waals surface area contributed by atoms with Crippen molar-refractivity contribution in [2.45, 2.75) is 6.61 Å². The Hall–Kier alpha value is -1.21. The predicted molar refractivity (Wildman–Crippen MR) is 66.0 cm³/mol. The molecule has 2 aromatic heterocycles. The van der Waals surface area contributed by atoms with Crippen LogP contribution in [0.1, 0.15) is 5.69 Å². The Kier molecular flexibility index (Phi) is 4.63. The van der Waals surface area contributed by atoms with Crippen molar-refractivity contribution < 1.29 is 4.84 Å². The molecule has 5 nitrogen and oxygen atoms in total. The van der Waals surface area contributed by atoms with E-state index in [1.54, 1.807) is 11.6 Å². The van der Waals surface area contributed by atoms with E-state index in [0.717, 1.165) is 16.3 Å². The van der Waals surface area contributed by atoms with Crippen molar-refractivity contribution >= 4 is 29.6 Å². The molecule has 2 heterocycles. The topological polar surface area (TPSA) is 87.0 Å². The van der Waals surface area contributed by atoms with Crippen molar-refractivity contribution in [2.75, 3.05) is 5.73 Å². The van der Waals surface area contributed by atoms with Crippen molar-refractivity contribution in [2.24, 2.45) is 5.90 Å². The lowest BCUT2D eigenvalue weighted by molar-refractivity contribution is 0.121. The molecule has 0 unspecified atom stereocenters. The molecular formula is C9H11ClN4OS. The van der Waals surface area contributed by atoms with Crippen LogP contribution in [-0.4, -0.2) is 9.97 Å². The number of anilines is 1. The van der Waals surface area contributed by atoms with E-state index in [1.807, 2.05) is 12.1 Å². The minimum Gasteiger partial charge on any atom is -0.383 e. The fraction of sp³-hybridized carbons (Fsp3) is 0.111. The molecule has 0 radical (unpaired) electrons. The molecule has 0 saturated carbocycles. The highest BCUT2D eigenvalue weighted by Gasteiger charge is 2.03. The van der Waals surface area contributed by atoms with Gasteiger partial charge in [0.05, 0.1) is 5.69 Å². The summed E-state index contributed by atoms with van der Waals surface area (Å²) in [6.07, 6.45) is 1.73. The molecule has 2 aromatic rings. The summed E-state index contributed by atoms with van der Waals surface area (Å²) in [5, 5.41) is 2.66. The van der Waals surface area contributed by atoms with Crippen LogP contribution in [0.4, 0.5) is 5.82 Å². The van der Waals surface area contributed by atoms with Crippen LogP contribution in [0, 0.1) is 0 Å². The lowest BCUT2D eigenvalue weighted by atomic mass is 10.2. The highest BCUT2D eigenvalue weighted by Crippen LogP contribution is 2.23. The van der Waals surface area contributed by atoms with Crippen molar-refractivity contribution in [1.29, 1.82) is 0 Å². The minimum absolute atomic E-state index is 0. The number of halogens is 1. The van der Waals surface area contributed by atoms with Crippen molar-refractivity contribution in [3.63, 3.8) is 0 Å². The highest BCUT2D eigenvalue weighted by molar-refractivity contribution is 7.13. The Morgan fingerprint density at radius 2 is 2.19 bits per heavy atom. The number of aromatic nitrogens is 2. The van der Waals surface area contributed by atoms with E-state index in [4.69, 9.17) is 11.6 Å². The third-order valence-corrected chi connectivity index (χ3v) is 2.73. The molecule has 7 heteroatoms. The number of rotatable bonds is 3. The lowest BCUT2D eigenvalue weighted by Crippen LogP contribution is -2.00. The Morgan fingerprint density at radius 1 is 1.38 bits per heavy atom. The predicted octanol–water partition coefficient (Wildman–Crippen LogP) is 1.60. The number of nitrogens with two attached hydrogens (primary N) is 2. The largest absolute Gasteiger partial charge is 0.383 e. The summed E-state index contributed by atoms with van der Waals surface area (Å²) in [6, 6.07) is 3.76. The van der Waals surface area contributed by atoms with Crippen molar-refractivity contribution in [3.8, 4) is 10.6 Å². The molecule has 0 saturated heterocycles. The van der Waals surface area contributed by atoms with Crippen LogP contribution in [0.15, 0.2) is 23.7 Å². The summed E-state index contributed by atoms with van der Waals surface area (Å²) in [5.41, 5.74) is 7.26. The van der Waals surface area contributed by atoms with E-state index in [1.165, 1.54) is 11.3 Å². The monoisotopic (exact) mass is 258 g/mol. The molecule has 0 aliphatic rings. The number of thiazole rings is 1. The Morgan fingerprint density at radius 3 is 2.69 bits per heavy atom. The maximum atomic E-state index is 5.54. The average molecular weight is 259 g/mol. The van der Waals surface area contributed by atoms with Crippen LogP contribution in [0.25, 0.3) is 10.6 Å². The zero-order chi connectivity index (χ0) is 10.7. The van der Waals surface area contributed by atoms with Gasteiger partial charge in [-0.1, -0.05) is 0 Å². The molecule has 2 rings (SSSR count). The number of nitrogens with zero attached hydrogens (tertiary/aromatic N) is 2. The Bertz CT molecular complexity index is 445. The van der Waals surface area contributed by atoms with Crippen LogP contribution in [0.5, 0.6) is 0 Å². The molecule has 0 amide bonds. The number of nitrogen functional groups attached to an aromatic ring is 1. The van der Waals surface area contributed by atoms with Gasteiger partial charge >= 0.3 is 0 Å². The summed E-state index contributed by atoms with van der Waals surface area (Å²) >= 11 is 1.49. The SMILES string of the molecule is Cl.NOCc1ccc(-c2nc(N)cs2)cn1. The first-order valence-corrected chi connectivity index (χ1v) is 5.15. The summed E-state index contributed by atoms with van der Waals surface area (Å²) in [7, 11) is 0. The molecule has 16 heavy (non-hydrogen) atoms. The van der Waals surface area contributed by atoms with Crippen LogP contribution in [0.3, 0.4) is 0 Å². The maximum absolute atomic E-state index is 5.54. The quantitative estimate of drug-likeness (QED) is 0.817. The summed E-state index contributed by atoms with van der Waals surface area (Å²) in [6.45, 7) is 0.306. The molecule has 0 aliphatic carbocycles. The molecule has 0 aromatic carbocycles. The van der Waals surface area contributed by atoms with E-state index < -0.39 is 0 Å².